The quantitative estimate of drug-likeness (QED) is 0.294. The molecule has 4 rings (SSSR count). The number of nitrogens with zero attached hydrogens (tertiary/aromatic N) is 2. The fraction of sp³-hybridized carbons (Fsp3) is 0.192. The number of carbonyl (C=O) groups excluding carboxylic acids is 1. The monoisotopic (exact) mass is 475 g/mol. The summed E-state index contributed by atoms with van der Waals surface area (Å²) in [5.74, 6) is 0.953. The van der Waals surface area contributed by atoms with Crippen LogP contribution in [0, 0.1) is 0 Å². The molecule has 0 aliphatic carbocycles. The molecule has 7 nitrogen and oxygen atoms in total. The third-order valence-corrected chi connectivity index (χ3v) is 6.26. The van der Waals surface area contributed by atoms with E-state index < -0.39 is 0 Å². The molecule has 0 aliphatic heterocycles. The van der Waals surface area contributed by atoms with E-state index in [4.69, 9.17) is 14.5 Å². The second-order valence-corrected chi connectivity index (χ2v) is 8.42. The minimum atomic E-state index is -0.226. The highest BCUT2D eigenvalue weighted by atomic mass is 32.2. The second kappa shape index (κ2) is 10.4. The van der Waals surface area contributed by atoms with Gasteiger partial charge in [-0.3, -0.25) is 14.2 Å². The van der Waals surface area contributed by atoms with E-state index in [9.17, 15) is 9.59 Å². The number of methoxy groups -OCH3 is 2. The van der Waals surface area contributed by atoms with Crippen LogP contribution < -0.4 is 20.3 Å². The fourth-order valence-electron chi connectivity index (χ4n) is 3.60. The summed E-state index contributed by atoms with van der Waals surface area (Å²) >= 11 is 1.20. The van der Waals surface area contributed by atoms with Crippen LogP contribution in [0.3, 0.4) is 0 Å². The maximum atomic E-state index is 13.4. The minimum Gasteiger partial charge on any atom is -0.493 e. The Bertz CT molecular complexity index is 1400. The van der Waals surface area contributed by atoms with E-state index in [2.05, 4.69) is 12.2 Å². The van der Waals surface area contributed by atoms with Gasteiger partial charge >= 0.3 is 0 Å². The molecule has 0 bridgehead atoms. The predicted molar refractivity (Wildman–Crippen MR) is 136 cm³/mol. The zero-order valence-corrected chi connectivity index (χ0v) is 20.0. The Morgan fingerprint density at radius 1 is 1.00 bits per heavy atom. The Kier molecular flexibility index (Phi) is 7.18. The molecule has 8 heteroatoms. The number of aromatic nitrogens is 2. The van der Waals surface area contributed by atoms with Crippen molar-refractivity contribution in [3.05, 3.63) is 82.6 Å². The van der Waals surface area contributed by atoms with Gasteiger partial charge < -0.3 is 14.8 Å². The van der Waals surface area contributed by atoms with Crippen LogP contribution in [0.25, 0.3) is 16.6 Å². The van der Waals surface area contributed by atoms with Crippen molar-refractivity contribution in [3.8, 4) is 17.2 Å². The maximum absolute atomic E-state index is 13.4. The maximum Gasteiger partial charge on any atom is 0.266 e. The molecule has 3 aromatic carbocycles. The Hall–Kier alpha value is -3.78. The number of anilines is 1. The van der Waals surface area contributed by atoms with E-state index in [1.807, 2.05) is 30.3 Å². The van der Waals surface area contributed by atoms with Crippen molar-refractivity contribution in [2.45, 2.75) is 18.5 Å². The number of para-hydroxylation sites is 1. The molecule has 0 spiro atoms. The summed E-state index contributed by atoms with van der Waals surface area (Å²) < 4.78 is 12.2. The predicted octanol–water partition coefficient (Wildman–Crippen LogP) is 4.70. The van der Waals surface area contributed by atoms with Gasteiger partial charge in [0.2, 0.25) is 5.91 Å². The number of hydrogen-bond acceptors (Lipinski definition) is 6. The van der Waals surface area contributed by atoms with Crippen molar-refractivity contribution < 1.29 is 14.3 Å². The molecule has 4 aromatic rings. The Balaban J connectivity index is 1.69. The van der Waals surface area contributed by atoms with Crippen LogP contribution in [0.1, 0.15) is 12.5 Å². The van der Waals surface area contributed by atoms with Crippen molar-refractivity contribution in [2.24, 2.45) is 0 Å². The highest BCUT2D eigenvalue weighted by molar-refractivity contribution is 7.99. The van der Waals surface area contributed by atoms with Gasteiger partial charge in [0.15, 0.2) is 16.7 Å². The molecule has 0 saturated carbocycles. The standard InChI is InChI=1S/C26H25N3O4S/c1-4-17-8-7-9-18(14-17)27-24(30)16-34-26-28-21-11-6-5-10-20(21)25(31)29(26)19-12-13-22(32-2)23(15-19)33-3/h5-15H,4,16H2,1-3H3,(H,27,30). The van der Waals surface area contributed by atoms with Crippen molar-refractivity contribution in [3.63, 3.8) is 0 Å². The third-order valence-electron chi connectivity index (χ3n) is 5.32. The summed E-state index contributed by atoms with van der Waals surface area (Å²) in [6.07, 6.45) is 0.886. The van der Waals surface area contributed by atoms with Gasteiger partial charge in [0, 0.05) is 11.8 Å². The SMILES string of the molecule is CCc1cccc(NC(=O)CSc2nc3ccccc3c(=O)n2-c2ccc(OC)c(OC)c2)c1. The lowest BCUT2D eigenvalue weighted by Gasteiger charge is -2.15. The van der Waals surface area contributed by atoms with Crippen molar-refractivity contribution >= 4 is 34.3 Å². The molecule has 0 aliphatic rings. The number of hydrogen-bond donors (Lipinski definition) is 1. The highest BCUT2D eigenvalue weighted by Gasteiger charge is 2.16. The van der Waals surface area contributed by atoms with E-state index in [0.29, 0.717) is 33.2 Å². The van der Waals surface area contributed by atoms with Crippen molar-refractivity contribution in [1.29, 1.82) is 0 Å². The molecule has 0 saturated heterocycles. The summed E-state index contributed by atoms with van der Waals surface area (Å²) in [5, 5.41) is 3.82. The van der Waals surface area contributed by atoms with E-state index in [0.717, 1.165) is 17.7 Å². The number of ether oxygens (including phenoxy) is 2. The van der Waals surface area contributed by atoms with Crippen LogP contribution in [-0.2, 0) is 11.2 Å². The summed E-state index contributed by atoms with van der Waals surface area (Å²) in [4.78, 5) is 30.8. The number of carbonyl (C=O) groups is 1. The van der Waals surface area contributed by atoms with Gasteiger partial charge in [-0.05, 0) is 48.4 Å². The van der Waals surface area contributed by atoms with Crippen LogP contribution >= 0.6 is 11.8 Å². The van der Waals surface area contributed by atoms with Gasteiger partial charge in [0.1, 0.15) is 0 Å². The first-order valence-corrected chi connectivity index (χ1v) is 11.8. The lowest BCUT2D eigenvalue weighted by atomic mass is 10.1. The Labute approximate surface area is 201 Å². The van der Waals surface area contributed by atoms with Crippen molar-refractivity contribution in [1.82, 2.24) is 9.55 Å². The van der Waals surface area contributed by atoms with Crippen LogP contribution in [-0.4, -0.2) is 35.4 Å². The number of benzene rings is 3. The zero-order chi connectivity index (χ0) is 24.1. The molecule has 0 radical (unpaired) electrons. The lowest BCUT2D eigenvalue weighted by molar-refractivity contribution is -0.113. The van der Waals surface area contributed by atoms with Crippen LogP contribution in [0.4, 0.5) is 5.69 Å². The first kappa shape index (κ1) is 23.4. The topological polar surface area (TPSA) is 82.5 Å². The zero-order valence-electron chi connectivity index (χ0n) is 19.2. The van der Waals surface area contributed by atoms with Crippen LogP contribution in [0.2, 0.25) is 0 Å². The summed E-state index contributed by atoms with van der Waals surface area (Å²) in [7, 11) is 3.09. The van der Waals surface area contributed by atoms with Gasteiger partial charge in [0.25, 0.3) is 5.56 Å². The van der Waals surface area contributed by atoms with Gasteiger partial charge in [-0.25, -0.2) is 4.98 Å². The second-order valence-electron chi connectivity index (χ2n) is 7.48. The van der Waals surface area contributed by atoms with Crippen LogP contribution in [0.15, 0.2) is 76.7 Å². The Morgan fingerprint density at radius 3 is 2.56 bits per heavy atom. The molecule has 1 amide bonds. The molecule has 1 heterocycles. The molecule has 174 valence electrons. The molecule has 0 atom stereocenters. The number of fused-ring (bicyclic) bond motifs is 1. The molecule has 34 heavy (non-hydrogen) atoms. The van der Waals surface area contributed by atoms with E-state index in [1.54, 1.807) is 43.5 Å². The average molecular weight is 476 g/mol. The first-order chi connectivity index (χ1) is 16.5. The van der Waals surface area contributed by atoms with Gasteiger partial charge in [0.05, 0.1) is 36.6 Å². The molecule has 1 aromatic heterocycles. The van der Waals surface area contributed by atoms with Gasteiger partial charge in [-0.2, -0.15) is 0 Å². The van der Waals surface area contributed by atoms with E-state index >= 15 is 0 Å². The third kappa shape index (κ3) is 4.92. The molecule has 0 fully saturated rings. The molecule has 1 N–H and O–H groups in total. The van der Waals surface area contributed by atoms with Crippen molar-refractivity contribution in [2.75, 3.05) is 25.3 Å². The number of aryl methyl sites for hydroxylation is 1. The molecular formula is C26H25N3O4S. The average Bonchev–Trinajstić information content (AvgIpc) is 2.87. The normalized spacial score (nSPS) is 10.8. The summed E-state index contributed by atoms with van der Waals surface area (Å²) in [6.45, 7) is 2.07. The van der Waals surface area contributed by atoms with E-state index in [-0.39, 0.29) is 17.2 Å². The molecular weight excluding hydrogens is 450 g/mol. The number of rotatable bonds is 8. The van der Waals surface area contributed by atoms with E-state index in [1.165, 1.54) is 23.4 Å². The fourth-order valence-corrected chi connectivity index (χ4v) is 4.41. The first-order valence-electron chi connectivity index (χ1n) is 10.8. The number of amides is 1. The van der Waals surface area contributed by atoms with Crippen LogP contribution in [0.5, 0.6) is 11.5 Å². The molecule has 0 unspecified atom stereocenters. The summed E-state index contributed by atoms with van der Waals surface area (Å²) in [5.41, 5.74) is 2.80. The lowest BCUT2D eigenvalue weighted by Crippen LogP contribution is -2.23. The number of nitrogens with one attached hydrogen (secondary N) is 1. The minimum absolute atomic E-state index is 0.0917. The van der Waals surface area contributed by atoms with Gasteiger partial charge in [-0.15, -0.1) is 0 Å². The smallest absolute Gasteiger partial charge is 0.266 e. The number of thioether (sulfide) groups is 1. The summed E-state index contributed by atoms with van der Waals surface area (Å²) in [6, 6.07) is 20.1. The Morgan fingerprint density at radius 2 is 1.79 bits per heavy atom. The van der Waals surface area contributed by atoms with Gasteiger partial charge in [-0.1, -0.05) is 43.0 Å². The largest absolute Gasteiger partial charge is 0.493 e. The highest BCUT2D eigenvalue weighted by Crippen LogP contribution is 2.30.